The van der Waals surface area contributed by atoms with Crippen LogP contribution in [0.15, 0.2) is 0 Å². The Hall–Kier alpha value is 0.314. The fourth-order valence-electron chi connectivity index (χ4n) is 2.85. The molecule has 0 rings (SSSR count). The molecule has 2 unspecified atom stereocenters. The van der Waals surface area contributed by atoms with Gasteiger partial charge in [0.05, 0.1) is 0 Å². The van der Waals surface area contributed by atoms with Gasteiger partial charge in [-0.1, -0.05) is 34.6 Å². The second kappa shape index (κ2) is 8.48. The topological polar surface area (TPSA) is 27.3 Å². The Morgan fingerprint density at radius 2 is 1.17 bits per heavy atom. The van der Waals surface area contributed by atoms with Crippen LogP contribution in [-0.2, 0) is 0 Å². The highest BCUT2D eigenvalue weighted by atomic mass is 28.4. The Kier molecular flexibility index (Phi) is 8.63. The summed E-state index contributed by atoms with van der Waals surface area (Å²) < 4.78 is 2.90. The summed E-state index contributed by atoms with van der Waals surface area (Å²) in [5.74, 6) is 0. The first-order chi connectivity index (χ1) is 8.44. The SMILES string of the molecule is CCCN([Si](C)(CC)NCC)[Si](C)(CC)NCC. The summed E-state index contributed by atoms with van der Waals surface area (Å²) in [5, 5.41) is 0. The Morgan fingerprint density at radius 1 is 0.778 bits per heavy atom. The highest BCUT2D eigenvalue weighted by molar-refractivity contribution is 6.89. The molecule has 0 aromatic heterocycles. The molecule has 2 N–H and O–H groups in total. The van der Waals surface area contributed by atoms with Gasteiger partial charge in [0, 0.05) is 0 Å². The van der Waals surface area contributed by atoms with Crippen LogP contribution in [0.3, 0.4) is 0 Å². The van der Waals surface area contributed by atoms with E-state index < -0.39 is 16.8 Å². The van der Waals surface area contributed by atoms with Gasteiger partial charge in [0.25, 0.3) is 0 Å². The molecule has 0 saturated heterocycles. The van der Waals surface area contributed by atoms with Crippen LogP contribution >= 0.6 is 0 Å². The fourth-order valence-corrected chi connectivity index (χ4v) is 13.2. The van der Waals surface area contributed by atoms with Crippen LogP contribution in [0.4, 0.5) is 0 Å². The van der Waals surface area contributed by atoms with E-state index in [4.69, 9.17) is 0 Å². The minimum absolute atomic E-state index is 1.09. The zero-order chi connectivity index (χ0) is 14.2. The summed E-state index contributed by atoms with van der Waals surface area (Å²) in [7, 11) is -2.97. The van der Waals surface area contributed by atoms with Crippen molar-refractivity contribution in [2.75, 3.05) is 19.6 Å². The van der Waals surface area contributed by atoms with Crippen LogP contribution in [0, 0.1) is 0 Å². The van der Waals surface area contributed by atoms with E-state index in [0.717, 1.165) is 13.1 Å². The van der Waals surface area contributed by atoms with Crippen molar-refractivity contribution in [3.05, 3.63) is 0 Å². The van der Waals surface area contributed by atoms with Crippen LogP contribution in [0.1, 0.15) is 41.0 Å². The molecule has 2 atom stereocenters. The molecule has 18 heavy (non-hydrogen) atoms. The Bertz CT molecular complexity index is 208. The molecule has 0 aromatic carbocycles. The van der Waals surface area contributed by atoms with Gasteiger partial charge in [-0.3, -0.25) is 0 Å². The van der Waals surface area contributed by atoms with E-state index in [2.05, 4.69) is 61.9 Å². The zero-order valence-corrected chi connectivity index (χ0v) is 15.7. The summed E-state index contributed by atoms with van der Waals surface area (Å²) in [4.78, 5) is 7.70. The smallest absolute Gasteiger partial charge is 0.194 e. The third-order valence-electron chi connectivity index (χ3n) is 4.13. The predicted molar refractivity (Wildman–Crippen MR) is 88.5 cm³/mol. The molecule has 0 amide bonds. The zero-order valence-electron chi connectivity index (χ0n) is 13.7. The largest absolute Gasteiger partial charge is 0.326 e. The lowest BCUT2D eigenvalue weighted by Gasteiger charge is -2.49. The summed E-state index contributed by atoms with van der Waals surface area (Å²) in [5.41, 5.74) is 0. The normalized spacial score (nSPS) is 18.7. The molecule has 0 heterocycles. The van der Waals surface area contributed by atoms with Crippen molar-refractivity contribution in [1.29, 1.82) is 0 Å². The third-order valence-corrected chi connectivity index (χ3v) is 14.9. The van der Waals surface area contributed by atoms with E-state index >= 15 is 0 Å². The standard InChI is InChI=1S/C13H35N3Si2/c1-8-13-16(17(6,11-4)14-9-2)18(7,12-5)15-10-3/h14-15H,8-13H2,1-7H3. The summed E-state index contributed by atoms with van der Waals surface area (Å²) in [6.07, 6.45) is 1.25. The predicted octanol–water partition coefficient (Wildman–Crippen LogP) is 3.10. The first-order valence-electron chi connectivity index (χ1n) is 7.71. The van der Waals surface area contributed by atoms with E-state index in [9.17, 15) is 0 Å². The van der Waals surface area contributed by atoms with Gasteiger partial charge in [0.2, 0.25) is 0 Å². The lowest BCUT2D eigenvalue weighted by Crippen LogP contribution is -2.75. The van der Waals surface area contributed by atoms with Crippen LogP contribution in [0.2, 0.25) is 25.2 Å². The molecule has 0 aliphatic carbocycles. The van der Waals surface area contributed by atoms with Gasteiger partial charge < -0.3 is 14.2 Å². The second-order valence-corrected chi connectivity index (χ2v) is 14.2. The Morgan fingerprint density at radius 3 is 1.39 bits per heavy atom. The third kappa shape index (κ3) is 4.45. The molecule has 0 aliphatic rings. The second-order valence-electron chi connectivity index (χ2n) is 5.47. The minimum Gasteiger partial charge on any atom is -0.326 e. The molecule has 0 bridgehead atoms. The molecule has 0 aromatic rings. The van der Waals surface area contributed by atoms with Gasteiger partial charge in [0.1, 0.15) is 0 Å². The average Bonchev–Trinajstić information content (AvgIpc) is 2.36. The lowest BCUT2D eigenvalue weighted by molar-refractivity contribution is 0.548. The van der Waals surface area contributed by atoms with E-state index in [0.29, 0.717) is 0 Å². The van der Waals surface area contributed by atoms with Gasteiger partial charge in [-0.05, 0) is 51.2 Å². The number of nitrogens with one attached hydrogen (secondary N) is 2. The first kappa shape index (κ1) is 18.3. The van der Waals surface area contributed by atoms with Crippen LogP contribution < -0.4 is 9.96 Å². The van der Waals surface area contributed by atoms with Gasteiger partial charge in [-0.2, -0.15) is 0 Å². The highest BCUT2D eigenvalue weighted by Gasteiger charge is 2.43. The molecule has 0 radical (unpaired) electrons. The maximum absolute atomic E-state index is 3.85. The van der Waals surface area contributed by atoms with Crippen molar-refractivity contribution >= 4 is 16.8 Å². The van der Waals surface area contributed by atoms with Crippen molar-refractivity contribution in [3.8, 4) is 0 Å². The fraction of sp³-hybridized carbons (Fsp3) is 1.00. The van der Waals surface area contributed by atoms with Crippen molar-refractivity contribution in [1.82, 2.24) is 14.2 Å². The summed E-state index contributed by atoms with van der Waals surface area (Å²) in [6, 6.07) is 2.57. The Labute approximate surface area is 117 Å². The molecule has 110 valence electrons. The first-order valence-corrected chi connectivity index (χ1v) is 13.0. The molecule has 0 fully saturated rings. The number of hydrogen-bond donors (Lipinski definition) is 2. The minimum atomic E-state index is -1.48. The summed E-state index contributed by atoms with van der Waals surface area (Å²) >= 11 is 0. The van der Waals surface area contributed by atoms with Crippen LogP contribution in [0.5, 0.6) is 0 Å². The Balaban J connectivity index is 5.22. The molecule has 0 aliphatic heterocycles. The quantitative estimate of drug-likeness (QED) is 0.605. The van der Waals surface area contributed by atoms with Crippen molar-refractivity contribution in [2.24, 2.45) is 0 Å². The summed E-state index contributed by atoms with van der Waals surface area (Å²) in [6.45, 7) is 19.9. The van der Waals surface area contributed by atoms with Crippen molar-refractivity contribution < 1.29 is 0 Å². The number of rotatable bonds is 10. The molecule has 3 nitrogen and oxygen atoms in total. The van der Waals surface area contributed by atoms with Crippen molar-refractivity contribution in [3.63, 3.8) is 0 Å². The average molecular weight is 290 g/mol. The van der Waals surface area contributed by atoms with Crippen molar-refractivity contribution in [2.45, 2.75) is 66.2 Å². The highest BCUT2D eigenvalue weighted by Crippen LogP contribution is 2.22. The van der Waals surface area contributed by atoms with E-state index in [1.807, 2.05) is 0 Å². The van der Waals surface area contributed by atoms with E-state index in [1.54, 1.807) is 0 Å². The molecule has 0 spiro atoms. The molecule has 0 saturated carbocycles. The van der Waals surface area contributed by atoms with Gasteiger partial charge >= 0.3 is 0 Å². The monoisotopic (exact) mass is 289 g/mol. The number of nitrogens with zero attached hydrogens (tertiary/aromatic N) is 1. The molecular formula is C13H35N3Si2. The molecule has 5 heteroatoms. The number of hydrogen-bond acceptors (Lipinski definition) is 3. The van der Waals surface area contributed by atoms with Crippen LogP contribution in [0.25, 0.3) is 0 Å². The van der Waals surface area contributed by atoms with Gasteiger partial charge in [0.15, 0.2) is 16.8 Å². The van der Waals surface area contributed by atoms with E-state index in [1.165, 1.54) is 25.1 Å². The van der Waals surface area contributed by atoms with Crippen LogP contribution in [-0.4, -0.2) is 40.7 Å². The lowest BCUT2D eigenvalue weighted by atomic mass is 10.5. The van der Waals surface area contributed by atoms with Gasteiger partial charge in [-0.25, -0.2) is 0 Å². The molecular weight excluding hydrogens is 254 g/mol. The van der Waals surface area contributed by atoms with Gasteiger partial charge in [-0.15, -0.1) is 0 Å². The maximum atomic E-state index is 3.85. The van der Waals surface area contributed by atoms with E-state index in [-0.39, 0.29) is 0 Å². The maximum Gasteiger partial charge on any atom is 0.194 e.